The van der Waals surface area contributed by atoms with Crippen molar-refractivity contribution in [3.63, 3.8) is 0 Å². The largest absolute Gasteiger partial charge is 0.354 e. The zero-order valence-electron chi connectivity index (χ0n) is 17.1. The number of nitrogens with zero attached hydrogens (tertiary/aromatic N) is 6. The summed E-state index contributed by atoms with van der Waals surface area (Å²) in [5.74, 6) is 2.63. The molecule has 2 heterocycles. The minimum Gasteiger partial charge on any atom is -0.354 e. The molecule has 156 valence electrons. The van der Waals surface area contributed by atoms with E-state index in [1.165, 1.54) is 32.1 Å². The summed E-state index contributed by atoms with van der Waals surface area (Å²) >= 11 is 1.64. The van der Waals surface area contributed by atoms with Gasteiger partial charge in [-0.3, -0.25) is 0 Å². The number of aromatic nitrogens is 4. The van der Waals surface area contributed by atoms with Gasteiger partial charge in [0.2, 0.25) is 0 Å². The lowest BCUT2D eigenvalue weighted by Crippen LogP contribution is -2.44. The summed E-state index contributed by atoms with van der Waals surface area (Å²) in [7, 11) is 5.99. The summed E-state index contributed by atoms with van der Waals surface area (Å²) < 4.78 is 2.00. The second-order valence-electron chi connectivity index (χ2n) is 7.24. The van der Waals surface area contributed by atoms with Crippen LogP contribution in [0, 0.1) is 6.92 Å². The van der Waals surface area contributed by atoms with E-state index < -0.39 is 0 Å². The molecular weight excluding hydrogens is 487 g/mol. The zero-order valence-corrected chi connectivity index (χ0v) is 20.3. The summed E-state index contributed by atoms with van der Waals surface area (Å²) in [5.41, 5.74) is 0.989. The fraction of sp³-hybridized carbons (Fsp3) is 0.667. The number of thiazole rings is 1. The van der Waals surface area contributed by atoms with E-state index in [9.17, 15) is 0 Å². The van der Waals surface area contributed by atoms with Gasteiger partial charge in [-0.05, 0) is 19.8 Å². The molecule has 2 aromatic heterocycles. The smallest absolute Gasteiger partial charge is 0.192 e. The van der Waals surface area contributed by atoms with Crippen molar-refractivity contribution >= 4 is 46.4 Å². The van der Waals surface area contributed by atoms with Gasteiger partial charge in [0, 0.05) is 32.6 Å². The second kappa shape index (κ2) is 10.9. The van der Waals surface area contributed by atoms with Gasteiger partial charge in [0.15, 0.2) is 16.9 Å². The van der Waals surface area contributed by atoms with Gasteiger partial charge in [-0.1, -0.05) is 19.3 Å². The molecule has 3 rings (SSSR count). The van der Waals surface area contributed by atoms with Crippen molar-refractivity contribution in [1.82, 2.24) is 30.4 Å². The van der Waals surface area contributed by atoms with E-state index in [1.807, 2.05) is 37.5 Å². The fourth-order valence-electron chi connectivity index (χ4n) is 3.09. The third kappa shape index (κ3) is 6.29. The predicted octanol–water partition coefficient (Wildman–Crippen LogP) is 2.83. The topological polar surface area (TPSA) is 83.3 Å². The maximum Gasteiger partial charge on any atom is 0.192 e. The molecule has 2 N–H and O–H groups in total. The Kier molecular flexibility index (Phi) is 8.93. The second-order valence-corrected chi connectivity index (χ2v) is 8.07. The van der Waals surface area contributed by atoms with Crippen LogP contribution in [0.5, 0.6) is 0 Å². The molecule has 1 aliphatic rings. The van der Waals surface area contributed by atoms with E-state index >= 15 is 0 Å². The Morgan fingerprint density at radius 1 is 1.29 bits per heavy atom. The standard InChI is InChI=1S/C18H30N8S.HI/c1-13-23-24-16(26(13)4)11-20-17(21-14-8-6-5-7-9-14)19-10-15-12-27-18(22-15)25(2)3;/h12,14H,5-11H2,1-4H3,(H2,19,20,21);1H. The van der Waals surface area contributed by atoms with Crippen LogP contribution < -0.4 is 15.5 Å². The van der Waals surface area contributed by atoms with E-state index in [0.717, 1.165) is 28.4 Å². The summed E-state index contributed by atoms with van der Waals surface area (Å²) in [4.78, 5) is 11.4. The van der Waals surface area contributed by atoms with E-state index in [2.05, 4.69) is 31.2 Å². The van der Waals surface area contributed by atoms with Gasteiger partial charge in [-0.25, -0.2) is 9.98 Å². The third-order valence-corrected chi connectivity index (χ3v) is 5.92. The Balaban J connectivity index is 0.00000280. The maximum atomic E-state index is 4.77. The molecule has 1 aliphatic carbocycles. The van der Waals surface area contributed by atoms with Gasteiger partial charge in [0.05, 0.1) is 18.8 Å². The normalized spacial score (nSPS) is 15.2. The molecule has 0 saturated heterocycles. The number of anilines is 1. The van der Waals surface area contributed by atoms with Gasteiger partial charge >= 0.3 is 0 Å². The molecule has 8 nitrogen and oxygen atoms in total. The molecule has 0 amide bonds. The van der Waals surface area contributed by atoms with Gasteiger partial charge in [-0.15, -0.1) is 45.5 Å². The lowest BCUT2D eigenvalue weighted by atomic mass is 9.96. The van der Waals surface area contributed by atoms with Crippen molar-refractivity contribution in [2.75, 3.05) is 19.0 Å². The zero-order chi connectivity index (χ0) is 19.2. The number of nitrogens with one attached hydrogen (secondary N) is 2. The highest BCUT2D eigenvalue weighted by atomic mass is 127. The molecule has 0 spiro atoms. The van der Waals surface area contributed by atoms with Crippen molar-refractivity contribution in [2.24, 2.45) is 12.0 Å². The molecule has 0 atom stereocenters. The van der Waals surface area contributed by atoms with Gasteiger partial charge in [-0.2, -0.15) is 0 Å². The quantitative estimate of drug-likeness (QED) is 0.348. The molecular formula is C18H31IN8S. The Morgan fingerprint density at radius 3 is 2.64 bits per heavy atom. The number of hydrogen-bond donors (Lipinski definition) is 2. The first kappa shape index (κ1) is 22.9. The van der Waals surface area contributed by atoms with Crippen molar-refractivity contribution < 1.29 is 0 Å². The highest BCUT2D eigenvalue weighted by molar-refractivity contribution is 14.0. The van der Waals surface area contributed by atoms with Crippen LogP contribution in [0.15, 0.2) is 10.4 Å². The molecule has 1 saturated carbocycles. The van der Waals surface area contributed by atoms with Crippen LogP contribution in [0.4, 0.5) is 5.13 Å². The van der Waals surface area contributed by atoms with Crippen molar-refractivity contribution in [1.29, 1.82) is 0 Å². The Morgan fingerprint density at radius 2 is 2.04 bits per heavy atom. The van der Waals surface area contributed by atoms with Crippen LogP contribution in [0.1, 0.15) is 49.4 Å². The number of aliphatic imine (C=N–C) groups is 1. The molecule has 0 aromatic carbocycles. The van der Waals surface area contributed by atoms with E-state index in [1.54, 1.807) is 11.3 Å². The number of halogens is 1. The first-order valence-corrected chi connectivity index (χ1v) is 10.4. The number of guanidine groups is 1. The lowest BCUT2D eigenvalue weighted by molar-refractivity contribution is 0.409. The van der Waals surface area contributed by atoms with E-state index in [4.69, 9.17) is 4.99 Å². The summed E-state index contributed by atoms with van der Waals surface area (Å²) in [6.07, 6.45) is 6.30. The number of rotatable bonds is 6. The molecule has 0 bridgehead atoms. The SMILES string of the molecule is Cc1nnc(CNC(=NCc2csc(N(C)C)n2)NC2CCCCC2)n1C.I. The van der Waals surface area contributed by atoms with E-state index in [-0.39, 0.29) is 24.0 Å². The first-order chi connectivity index (χ1) is 13.0. The fourth-order valence-corrected chi connectivity index (χ4v) is 3.84. The maximum absolute atomic E-state index is 4.77. The van der Waals surface area contributed by atoms with Crippen LogP contribution in [-0.4, -0.2) is 45.8 Å². The molecule has 0 aliphatic heterocycles. The van der Waals surface area contributed by atoms with Gasteiger partial charge in [0.1, 0.15) is 5.82 Å². The average Bonchev–Trinajstić information content (AvgIpc) is 3.26. The van der Waals surface area contributed by atoms with Crippen LogP contribution in [0.3, 0.4) is 0 Å². The highest BCUT2D eigenvalue weighted by Gasteiger charge is 2.15. The molecule has 0 unspecified atom stereocenters. The van der Waals surface area contributed by atoms with E-state index in [0.29, 0.717) is 19.1 Å². The van der Waals surface area contributed by atoms with Crippen molar-refractivity contribution in [3.8, 4) is 0 Å². The summed E-state index contributed by atoms with van der Waals surface area (Å²) in [6, 6.07) is 0.485. The molecule has 10 heteroatoms. The minimum absolute atomic E-state index is 0. The van der Waals surface area contributed by atoms with Crippen LogP contribution in [0.2, 0.25) is 0 Å². The van der Waals surface area contributed by atoms with Crippen LogP contribution in [0.25, 0.3) is 0 Å². The molecule has 28 heavy (non-hydrogen) atoms. The Hall–Kier alpha value is -1.43. The summed E-state index contributed by atoms with van der Waals surface area (Å²) in [6.45, 7) is 3.11. The lowest BCUT2D eigenvalue weighted by Gasteiger charge is -2.25. The third-order valence-electron chi connectivity index (χ3n) is 4.86. The molecule has 2 aromatic rings. The average molecular weight is 518 g/mol. The Bertz CT molecular complexity index is 763. The number of hydrogen-bond acceptors (Lipinski definition) is 6. The van der Waals surface area contributed by atoms with Gasteiger partial charge < -0.3 is 20.1 Å². The minimum atomic E-state index is 0. The highest BCUT2D eigenvalue weighted by Crippen LogP contribution is 2.19. The van der Waals surface area contributed by atoms with Crippen molar-refractivity contribution in [3.05, 3.63) is 22.7 Å². The van der Waals surface area contributed by atoms with Crippen LogP contribution >= 0.6 is 35.3 Å². The molecule has 1 fully saturated rings. The summed E-state index contributed by atoms with van der Waals surface area (Å²) in [5, 5.41) is 18.4. The molecule has 0 radical (unpaired) electrons. The Labute approximate surface area is 188 Å². The predicted molar refractivity (Wildman–Crippen MR) is 126 cm³/mol. The number of aryl methyl sites for hydroxylation is 1. The van der Waals surface area contributed by atoms with Crippen molar-refractivity contribution in [2.45, 2.75) is 58.2 Å². The monoisotopic (exact) mass is 518 g/mol. The van der Waals surface area contributed by atoms with Crippen LogP contribution in [-0.2, 0) is 20.1 Å². The first-order valence-electron chi connectivity index (χ1n) is 9.54. The van der Waals surface area contributed by atoms with Gasteiger partial charge in [0.25, 0.3) is 0 Å².